The molecule has 0 saturated carbocycles. The van der Waals surface area contributed by atoms with Gasteiger partial charge in [-0.05, 0) is 42.9 Å². The van der Waals surface area contributed by atoms with Crippen LogP contribution in [0.15, 0.2) is 73.3 Å². The second kappa shape index (κ2) is 12.1. The molecule has 0 fully saturated rings. The van der Waals surface area contributed by atoms with Crippen LogP contribution in [0.4, 0.5) is 5.82 Å². The Hall–Kier alpha value is -3.74. The number of nitrogen functional groups attached to an aromatic ring is 1. The normalized spacial score (nSPS) is 12.9. The zero-order chi connectivity index (χ0) is 24.5. The Bertz CT molecular complexity index is 1210. The molecule has 2 atom stereocenters. The van der Waals surface area contributed by atoms with Crippen LogP contribution in [0.25, 0.3) is 11.2 Å². The van der Waals surface area contributed by atoms with Crippen molar-refractivity contribution in [3.8, 4) is 0 Å². The van der Waals surface area contributed by atoms with Crippen molar-refractivity contribution in [2.24, 2.45) is 5.92 Å². The number of unbranched alkanes of at least 4 members (excludes halogenated alkanes) is 3. The quantitative estimate of drug-likeness (QED) is 0.212. The lowest BCUT2D eigenvalue weighted by Gasteiger charge is -2.26. The molecule has 0 radical (unpaired) electrons. The molecule has 0 saturated heterocycles. The van der Waals surface area contributed by atoms with Crippen LogP contribution in [0.2, 0.25) is 0 Å². The molecule has 7 heteroatoms. The molecule has 0 aliphatic rings. The van der Waals surface area contributed by atoms with E-state index < -0.39 is 0 Å². The highest BCUT2D eigenvalue weighted by atomic mass is 16.5. The van der Waals surface area contributed by atoms with Gasteiger partial charge in [-0.3, -0.25) is 0 Å². The number of imidazole rings is 1. The molecular weight excluding hydrogens is 438 g/mol. The number of carbonyl (C=O) groups is 1. The standard InChI is InChI=1S/C28H33N5O2/c1-21(18-22-12-6-4-7-13-22)24(33-20-32-25-26(29)30-19-31-27(25)33)16-10-2-3-11-17-35-28(34)23-14-8-5-9-15-23/h4-9,12-15,19-21,24H,2-3,10-11,16-18H2,1H3,(H2,29,30,31). The predicted molar refractivity (Wildman–Crippen MR) is 138 cm³/mol. The molecule has 4 rings (SSSR count). The number of ether oxygens (including phenoxy) is 1. The Morgan fingerprint density at radius 2 is 1.66 bits per heavy atom. The van der Waals surface area contributed by atoms with Crippen LogP contribution in [0.1, 0.15) is 61.0 Å². The Morgan fingerprint density at radius 1 is 0.943 bits per heavy atom. The molecule has 0 amide bonds. The first kappa shape index (κ1) is 24.4. The number of esters is 1. The lowest BCUT2D eigenvalue weighted by atomic mass is 9.90. The van der Waals surface area contributed by atoms with Crippen LogP contribution in [-0.4, -0.2) is 32.1 Å². The van der Waals surface area contributed by atoms with E-state index in [4.69, 9.17) is 10.5 Å². The summed E-state index contributed by atoms with van der Waals surface area (Å²) in [5.74, 6) is 0.541. The Balaban J connectivity index is 1.32. The number of fused-ring (bicyclic) bond motifs is 1. The van der Waals surface area contributed by atoms with E-state index in [-0.39, 0.29) is 12.0 Å². The second-order valence-electron chi connectivity index (χ2n) is 9.02. The summed E-state index contributed by atoms with van der Waals surface area (Å²) in [6, 6.07) is 19.9. The largest absolute Gasteiger partial charge is 0.462 e. The topological polar surface area (TPSA) is 95.9 Å². The third kappa shape index (κ3) is 6.44. The van der Waals surface area contributed by atoms with Gasteiger partial charge in [0, 0.05) is 6.04 Å². The average Bonchev–Trinajstić information content (AvgIpc) is 3.32. The highest BCUT2D eigenvalue weighted by molar-refractivity contribution is 5.89. The summed E-state index contributed by atoms with van der Waals surface area (Å²) in [7, 11) is 0. The van der Waals surface area contributed by atoms with Crippen molar-refractivity contribution in [3.05, 3.63) is 84.4 Å². The van der Waals surface area contributed by atoms with E-state index in [9.17, 15) is 4.79 Å². The molecule has 182 valence electrons. The van der Waals surface area contributed by atoms with Gasteiger partial charge in [0.15, 0.2) is 11.5 Å². The van der Waals surface area contributed by atoms with Crippen LogP contribution < -0.4 is 5.73 Å². The number of hydrogen-bond donors (Lipinski definition) is 1. The van der Waals surface area contributed by atoms with Crippen LogP contribution in [0.5, 0.6) is 0 Å². The van der Waals surface area contributed by atoms with E-state index >= 15 is 0 Å². The van der Waals surface area contributed by atoms with Gasteiger partial charge in [0.1, 0.15) is 11.8 Å². The fourth-order valence-electron chi connectivity index (χ4n) is 4.56. The number of nitrogens with two attached hydrogens (primary N) is 1. The van der Waals surface area contributed by atoms with Gasteiger partial charge in [-0.1, -0.05) is 74.7 Å². The Labute approximate surface area is 206 Å². The van der Waals surface area contributed by atoms with Crippen LogP contribution >= 0.6 is 0 Å². The van der Waals surface area contributed by atoms with Crippen molar-refractivity contribution in [1.29, 1.82) is 0 Å². The summed E-state index contributed by atoms with van der Waals surface area (Å²) in [4.78, 5) is 25.1. The molecule has 2 N–H and O–H groups in total. The van der Waals surface area contributed by atoms with Crippen molar-refractivity contribution in [1.82, 2.24) is 19.5 Å². The highest BCUT2D eigenvalue weighted by Crippen LogP contribution is 2.31. The van der Waals surface area contributed by atoms with Gasteiger partial charge in [-0.2, -0.15) is 0 Å². The molecule has 0 spiro atoms. The fraction of sp³-hybridized carbons (Fsp3) is 0.357. The molecule has 2 heterocycles. The highest BCUT2D eigenvalue weighted by Gasteiger charge is 2.22. The van der Waals surface area contributed by atoms with Crippen molar-refractivity contribution >= 4 is 23.0 Å². The van der Waals surface area contributed by atoms with Gasteiger partial charge in [-0.15, -0.1) is 0 Å². The average molecular weight is 472 g/mol. The zero-order valence-corrected chi connectivity index (χ0v) is 20.2. The molecule has 2 aromatic carbocycles. The number of aromatic nitrogens is 4. The van der Waals surface area contributed by atoms with Gasteiger partial charge < -0.3 is 15.0 Å². The van der Waals surface area contributed by atoms with Crippen LogP contribution in [-0.2, 0) is 11.2 Å². The number of carbonyl (C=O) groups excluding carboxylic acids is 1. The minimum atomic E-state index is -0.256. The maximum atomic E-state index is 12.1. The Kier molecular flexibility index (Phi) is 8.44. The number of benzene rings is 2. The lowest BCUT2D eigenvalue weighted by molar-refractivity contribution is 0.0497. The number of anilines is 1. The number of rotatable bonds is 12. The Morgan fingerprint density at radius 3 is 2.43 bits per heavy atom. The summed E-state index contributed by atoms with van der Waals surface area (Å²) in [6.07, 6.45) is 9.35. The summed E-state index contributed by atoms with van der Waals surface area (Å²) < 4.78 is 7.57. The summed E-state index contributed by atoms with van der Waals surface area (Å²) in [6.45, 7) is 2.74. The van der Waals surface area contributed by atoms with E-state index in [1.54, 1.807) is 12.1 Å². The summed E-state index contributed by atoms with van der Waals surface area (Å²) in [5, 5.41) is 0. The van der Waals surface area contributed by atoms with Gasteiger partial charge >= 0.3 is 5.97 Å². The van der Waals surface area contributed by atoms with Gasteiger partial charge in [0.2, 0.25) is 0 Å². The smallest absolute Gasteiger partial charge is 0.338 e. The monoisotopic (exact) mass is 471 g/mol. The minimum Gasteiger partial charge on any atom is -0.462 e. The number of hydrogen-bond acceptors (Lipinski definition) is 6. The van der Waals surface area contributed by atoms with E-state index in [2.05, 4.69) is 50.7 Å². The molecule has 7 nitrogen and oxygen atoms in total. The molecule has 0 aliphatic heterocycles. The zero-order valence-electron chi connectivity index (χ0n) is 20.2. The first-order valence-corrected chi connectivity index (χ1v) is 12.3. The van der Waals surface area contributed by atoms with E-state index in [0.717, 1.165) is 44.2 Å². The predicted octanol–water partition coefficient (Wildman–Crippen LogP) is 5.64. The lowest BCUT2D eigenvalue weighted by Crippen LogP contribution is -2.19. The first-order valence-electron chi connectivity index (χ1n) is 12.3. The van der Waals surface area contributed by atoms with Crippen LogP contribution in [0.3, 0.4) is 0 Å². The van der Waals surface area contributed by atoms with E-state index in [1.165, 1.54) is 11.9 Å². The van der Waals surface area contributed by atoms with Crippen molar-refractivity contribution in [2.75, 3.05) is 12.3 Å². The third-order valence-electron chi connectivity index (χ3n) is 6.44. The maximum absolute atomic E-state index is 12.1. The van der Waals surface area contributed by atoms with Gasteiger partial charge in [-0.25, -0.2) is 19.7 Å². The minimum absolute atomic E-state index is 0.241. The summed E-state index contributed by atoms with van der Waals surface area (Å²) >= 11 is 0. The molecule has 4 aromatic rings. The second-order valence-corrected chi connectivity index (χ2v) is 9.02. The molecule has 0 bridgehead atoms. The fourth-order valence-corrected chi connectivity index (χ4v) is 4.56. The van der Waals surface area contributed by atoms with Crippen molar-refractivity contribution in [3.63, 3.8) is 0 Å². The van der Waals surface area contributed by atoms with Gasteiger partial charge in [0.25, 0.3) is 0 Å². The third-order valence-corrected chi connectivity index (χ3v) is 6.44. The molecule has 2 aromatic heterocycles. The summed E-state index contributed by atoms with van der Waals surface area (Å²) in [5.41, 5.74) is 9.40. The number of nitrogens with zero attached hydrogens (tertiary/aromatic N) is 4. The molecule has 35 heavy (non-hydrogen) atoms. The van der Waals surface area contributed by atoms with Crippen LogP contribution in [0, 0.1) is 5.92 Å². The van der Waals surface area contributed by atoms with E-state index in [1.807, 2.05) is 30.6 Å². The molecule has 0 aliphatic carbocycles. The SMILES string of the molecule is CC(Cc1ccccc1)C(CCCCCCOC(=O)c1ccccc1)n1cnc2c(N)ncnc21. The van der Waals surface area contributed by atoms with Gasteiger partial charge in [0.05, 0.1) is 18.5 Å². The first-order chi connectivity index (χ1) is 17.1. The molecule has 2 unspecified atom stereocenters. The van der Waals surface area contributed by atoms with E-state index in [0.29, 0.717) is 29.4 Å². The molecular formula is C28H33N5O2. The van der Waals surface area contributed by atoms with Crippen molar-refractivity contribution in [2.45, 2.75) is 51.5 Å². The maximum Gasteiger partial charge on any atom is 0.338 e. The van der Waals surface area contributed by atoms with Crippen molar-refractivity contribution < 1.29 is 9.53 Å².